The maximum Gasteiger partial charge on any atom is 0.269 e. The number of amides is 1. The van der Waals surface area contributed by atoms with Crippen LogP contribution in [0.1, 0.15) is 40.2 Å². The van der Waals surface area contributed by atoms with Gasteiger partial charge in [0.1, 0.15) is 11.5 Å². The Labute approximate surface area is 152 Å². The van der Waals surface area contributed by atoms with Gasteiger partial charge in [-0.2, -0.15) is 10.4 Å². The van der Waals surface area contributed by atoms with E-state index >= 15 is 0 Å². The van der Waals surface area contributed by atoms with Crippen LogP contribution in [0, 0.1) is 24.1 Å². The Bertz CT molecular complexity index is 846. The highest BCUT2D eigenvalue weighted by molar-refractivity contribution is 5.92. The number of carbonyl (C=O) groups excluding carboxylic acids is 1. The maximum absolute atomic E-state index is 14.0. The standard InChI is InChI=1S/C19H22FN5O/c1-13-9-18(24(2)23-13)19(26)22-16-5-7-25(8-6-16)12-15-4-3-14(11-21)10-17(15)20/h3-4,9-10,16H,5-8,12H2,1-2H3,(H,22,26). The minimum absolute atomic E-state index is 0.107. The van der Waals surface area contributed by atoms with Gasteiger partial charge < -0.3 is 5.32 Å². The molecule has 1 aliphatic heterocycles. The van der Waals surface area contributed by atoms with Gasteiger partial charge in [0.05, 0.1) is 17.3 Å². The zero-order valence-corrected chi connectivity index (χ0v) is 15.0. The van der Waals surface area contributed by atoms with E-state index in [9.17, 15) is 9.18 Å². The first-order valence-corrected chi connectivity index (χ1v) is 8.68. The Morgan fingerprint density at radius 2 is 2.12 bits per heavy atom. The van der Waals surface area contributed by atoms with E-state index in [1.165, 1.54) is 6.07 Å². The zero-order chi connectivity index (χ0) is 18.7. The van der Waals surface area contributed by atoms with Gasteiger partial charge in [0.2, 0.25) is 0 Å². The zero-order valence-electron chi connectivity index (χ0n) is 15.0. The van der Waals surface area contributed by atoms with E-state index in [2.05, 4.69) is 15.3 Å². The summed E-state index contributed by atoms with van der Waals surface area (Å²) in [6, 6.07) is 8.42. The van der Waals surface area contributed by atoms with Crippen molar-refractivity contribution in [3.63, 3.8) is 0 Å². The summed E-state index contributed by atoms with van der Waals surface area (Å²) in [5.41, 5.74) is 2.30. The SMILES string of the molecule is Cc1cc(C(=O)NC2CCN(Cc3ccc(C#N)cc3F)CC2)n(C)n1. The number of rotatable bonds is 4. The Morgan fingerprint density at radius 1 is 1.38 bits per heavy atom. The lowest BCUT2D eigenvalue weighted by Gasteiger charge is -2.32. The lowest BCUT2D eigenvalue weighted by Crippen LogP contribution is -2.44. The topological polar surface area (TPSA) is 74.0 Å². The molecule has 0 saturated carbocycles. The molecule has 0 aliphatic carbocycles. The number of aryl methyl sites for hydroxylation is 2. The van der Waals surface area contributed by atoms with Crippen LogP contribution in [0.5, 0.6) is 0 Å². The van der Waals surface area contributed by atoms with Gasteiger partial charge in [-0.05, 0) is 38.0 Å². The van der Waals surface area contributed by atoms with Gasteiger partial charge in [-0.3, -0.25) is 14.4 Å². The van der Waals surface area contributed by atoms with Crippen LogP contribution in [-0.2, 0) is 13.6 Å². The number of halogens is 1. The minimum Gasteiger partial charge on any atom is -0.348 e. The molecule has 6 nitrogen and oxygen atoms in total. The number of hydrogen-bond acceptors (Lipinski definition) is 4. The molecule has 1 N–H and O–H groups in total. The fraction of sp³-hybridized carbons (Fsp3) is 0.421. The molecule has 2 aromatic rings. The lowest BCUT2D eigenvalue weighted by atomic mass is 10.0. The van der Waals surface area contributed by atoms with E-state index in [0.29, 0.717) is 23.4 Å². The second-order valence-corrected chi connectivity index (χ2v) is 6.74. The predicted octanol–water partition coefficient (Wildman–Crippen LogP) is 2.13. The number of hydrogen-bond donors (Lipinski definition) is 1. The lowest BCUT2D eigenvalue weighted by molar-refractivity contribution is 0.0899. The molecule has 136 valence electrons. The third-order valence-corrected chi connectivity index (χ3v) is 4.73. The van der Waals surface area contributed by atoms with Crippen LogP contribution in [0.4, 0.5) is 4.39 Å². The summed E-state index contributed by atoms with van der Waals surface area (Å²) in [6.07, 6.45) is 1.64. The quantitative estimate of drug-likeness (QED) is 0.912. The third-order valence-electron chi connectivity index (χ3n) is 4.73. The van der Waals surface area contributed by atoms with Gasteiger partial charge in [-0.15, -0.1) is 0 Å². The number of likely N-dealkylation sites (tertiary alicyclic amines) is 1. The van der Waals surface area contributed by atoms with Crippen molar-refractivity contribution in [2.24, 2.45) is 7.05 Å². The van der Waals surface area contributed by atoms with E-state index in [1.807, 2.05) is 13.0 Å². The second kappa shape index (κ2) is 7.67. The van der Waals surface area contributed by atoms with Crippen LogP contribution in [0.25, 0.3) is 0 Å². The van der Waals surface area contributed by atoms with Crippen molar-refractivity contribution in [2.75, 3.05) is 13.1 Å². The van der Waals surface area contributed by atoms with Crippen LogP contribution < -0.4 is 5.32 Å². The fourth-order valence-corrected chi connectivity index (χ4v) is 3.30. The predicted molar refractivity (Wildman–Crippen MR) is 94.8 cm³/mol. The first-order valence-electron chi connectivity index (χ1n) is 8.68. The smallest absolute Gasteiger partial charge is 0.269 e. The van der Waals surface area contributed by atoms with Crippen LogP contribution in [0.2, 0.25) is 0 Å². The average molecular weight is 355 g/mol. The molecule has 1 fully saturated rings. The van der Waals surface area contributed by atoms with E-state index < -0.39 is 0 Å². The first kappa shape index (κ1) is 18.1. The number of piperidine rings is 1. The molecular weight excluding hydrogens is 333 g/mol. The molecule has 1 aromatic heterocycles. The van der Waals surface area contributed by atoms with Gasteiger partial charge in [-0.1, -0.05) is 6.07 Å². The molecular formula is C19H22FN5O. The Morgan fingerprint density at radius 3 is 2.69 bits per heavy atom. The van der Waals surface area contributed by atoms with Crippen molar-refractivity contribution < 1.29 is 9.18 Å². The number of aromatic nitrogens is 2. The molecule has 1 aromatic carbocycles. The molecule has 0 spiro atoms. The van der Waals surface area contributed by atoms with Crippen LogP contribution in [0.3, 0.4) is 0 Å². The number of nitrogens with one attached hydrogen (secondary N) is 1. The highest BCUT2D eigenvalue weighted by Gasteiger charge is 2.23. The molecule has 0 bridgehead atoms. The first-order chi connectivity index (χ1) is 12.5. The molecule has 3 rings (SSSR count). The Balaban J connectivity index is 1.52. The third kappa shape index (κ3) is 4.09. The monoisotopic (exact) mass is 355 g/mol. The van der Waals surface area contributed by atoms with Crippen molar-refractivity contribution in [1.29, 1.82) is 5.26 Å². The van der Waals surface area contributed by atoms with Crippen molar-refractivity contribution in [3.05, 3.63) is 52.6 Å². The van der Waals surface area contributed by atoms with Crippen molar-refractivity contribution >= 4 is 5.91 Å². The van der Waals surface area contributed by atoms with E-state index in [0.717, 1.165) is 31.6 Å². The molecule has 2 heterocycles. The summed E-state index contributed by atoms with van der Waals surface area (Å²) in [5, 5.41) is 16.1. The van der Waals surface area contributed by atoms with E-state index in [1.54, 1.807) is 29.9 Å². The number of carbonyl (C=O) groups is 1. The van der Waals surface area contributed by atoms with Gasteiger partial charge in [-0.25, -0.2) is 4.39 Å². The molecule has 0 unspecified atom stereocenters. The van der Waals surface area contributed by atoms with Gasteiger partial charge >= 0.3 is 0 Å². The normalized spacial score (nSPS) is 15.6. The summed E-state index contributed by atoms with van der Waals surface area (Å²) in [4.78, 5) is 14.5. The van der Waals surface area contributed by atoms with Gasteiger partial charge in [0.15, 0.2) is 0 Å². The van der Waals surface area contributed by atoms with Crippen molar-refractivity contribution in [2.45, 2.75) is 32.4 Å². The summed E-state index contributed by atoms with van der Waals surface area (Å²) >= 11 is 0. The molecule has 0 atom stereocenters. The molecule has 0 radical (unpaired) electrons. The van der Waals surface area contributed by atoms with Crippen LogP contribution >= 0.6 is 0 Å². The largest absolute Gasteiger partial charge is 0.348 e. The van der Waals surface area contributed by atoms with Crippen molar-refractivity contribution in [3.8, 4) is 6.07 Å². The Hall–Kier alpha value is -2.72. The van der Waals surface area contributed by atoms with E-state index in [-0.39, 0.29) is 17.8 Å². The summed E-state index contributed by atoms with van der Waals surface area (Å²) < 4.78 is 15.6. The Kier molecular flexibility index (Phi) is 5.33. The number of benzene rings is 1. The van der Waals surface area contributed by atoms with E-state index in [4.69, 9.17) is 5.26 Å². The summed E-state index contributed by atoms with van der Waals surface area (Å²) in [7, 11) is 1.76. The minimum atomic E-state index is -0.342. The van der Waals surface area contributed by atoms with Gasteiger partial charge in [0, 0.05) is 38.3 Å². The molecule has 1 saturated heterocycles. The van der Waals surface area contributed by atoms with Crippen LogP contribution in [0.15, 0.2) is 24.3 Å². The number of nitriles is 1. The highest BCUT2D eigenvalue weighted by atomic mass is 19.1. The maximum atomic E-state index is 14.0. The molecule has 7 heteroatoms. The summed E-state index contributed by atoms with van der Waals surface area (Å²) in [5.74, 6) is -0.448. The molecule has 1 aliphatic rings. The number of nitrogens with zero attached hydrogens (tertiary/aromatic N) is 4. The van der Waals surface area contributed by atoms with Crippen molar-refractivity contribution in [1.82, 2.24) is 20.0 Å². The molecule has 1 amide bonds. The second-order valence-electron chi connectivity index (χ2n) is 6.74. The summed E-state index contributed by atoms with van der Waals surface area (Å²) in [6.45, 7) is 3.94. The molecule has 26 heavy (non-hydrogen) atoms. The fourth-order valence-electron chi connectivity index (χ4n) is 3.30. The average Bonchev–Trinajstić information content (AvgIpc) is 2.96. The van der Waals surface area contributed by atoms with Gasteiger partial charge in [0.25, 0.3) is 5.91 Å². The van der Waals surface area contributed by atoms with Crippen LogP contribution in [-0.4, -0.2) is 39.7 Å². The highest BCUT2D eigenvalue weighted by Crippen LogP contribution is 2.17.